The van der Waals surface area contributed by atoms with E-state index >= 15 is 0 Å². The molecule has 0 saturated heterocycles. The van der Waals surface area contributed by atoms with Crippen LogP contribution in [0.1, 0.15) is 12.2 Å². The summed E-state index contributed by atoms with van der Waals surface area (Å²) in [5.41, 5.74) is 0.945. The van der Waals surface area contributed by atoms with Crippen molar-refractivity contribution in [1.82, 2.24) is 14.5 Å². The number of aryl methyl sites for hydroxylation is 1. The molecule has 0 bridgehead atoms. The number of fused-ring (bicyclic) bond motifs is 1. The monoisotopic (exact) mass is 341 g/mol. The molecule has 0 aliphatic heterocycles. The van der Waals surface area contributed by atoms with Gasteiger partial charge in [-0.25, -0.2) is 9.97 Å². The summed E-state index contributed by atoms with van der Waals surface area (Å²) >= 11 is 8.92. The molecule has 0 amide bonds. The average molecular weight is 343 g/mol. The molecule has 0 fully saturated rings. The first kappa shape index (κ1) is 13.6. The average Bonchev–Trinajstić information content (AvgIpc) is 2.62. The van der Waals surface area contributed by atoms with Crippen molar-refractivity contribution in [3.63, 3.8) is 0 Å². The summed E-state index contributed by atoms with van der Waals surface area (Å²) in [4.78, 5) is 8.24. The minimum atomic E-state index is -4.21. The van der Waals surface area contributed by atoms with Crippen molar-refractivity contribution in [2.75, 3.05) is 0 Å². The van der Waals surface area contributed by atoms with Crippen molar-refractivity contribution in [3.05, 3.63) is 22.6 Å². The second kappa shape index (κ2) is 5.05. The van der Waals surface area contributed by atoms with Crippen LogP contribution in [0.3, 0.4) is 0 Å². The van der Waals surface area contributed by atoms with E-state index < -0.39 is 12.6 Å². The molecule has 3 nitrogen and oxygen atoms in total. The third-order valence-corrected chi connectivity index (χ3v) is 3.04. The molecule has 2 aromatic rings. The van der Waals surface area contributed by atoms with E-state index in [2.05, 4.69) is 25.9 Å². The second-order valence-corrected chi connectivity index (χ2v) is 4.86. The Labute approximate surface area is 114 Å². The van der Waals surface area contributed by atoms with E-state index in [9.17, 15) is 13.2 Å². The molecule has 18 heavy (non-hydrogen) atoms. The Kier molecular flexibility index (Phi) is 3.82. The highest BCUT2D eigenvalue weighted by Crippen LogP contribution is 2.24. The molecule has 2 aromatic heterocycles. The second-order valence-electron chi connectivity index (χ2n) is 3.67. The van der Waals surface area contributed by atoms with Crippen molar-refractivity contribution in [1.29, 1.82) is 0 Å². The summed E-state index contributed by atoms with van der Waals surface area (Å²) in [5, 5.41) is 0. The number of halogens is 5. The molecular formula is C10H8BrClF3N3. The highest BCUT2D eigenvalue weighted by atomic mass is 79.9. The summed E-state index contributed by atoms with van der Waals surface area (Å²) in [6.45, 7) is -0.226. The van der Waals surface area contributed by atoms with Crippen molar-refractivity contribution in [3.8, 4) is 0 Å². The number of aromatic nitrogens is 3. The third kappa shape index (κ3) is 2.95. The lowest BCUT2D eigenvalue weighted by molar-refractivity contribution is -0.136. The molecule has 2 heterocycles. The molecule has 0 unspecified atom stereocenters. The Bertz CT molecular complexity index is 567. The van der Waals surface area contributed by atoms with Crippen LogP contribution in [-0.2, 0) is 12.4 Å². The van der Waals surface area contributed by atoms with Gasteiger partial charge in [-0.15, -0.1) is 11.6 Å². The largest absolute Gasteiger partial charge is 0.390 e. The van der Waals surface area contributed by atoms with Crippen molar-refractivity contribution >= 4 is 38.7 Å². The van der Waals surface area contributed by atoms with Gasteiger partial charge in [-0.3, -0.25) is 0 Å². The molecule has 0 saturated carbocycles. The van der Waals surface area contributed by atoms with Gasteiger partial charge >= 0.3 is 6.18 Å². The van der Waals surface area contributed by atoms with E-state index in [0.29, 0.717) is 17.0 Å². The fourth-order valence-corrected chi connectivity index (χ4v) is 2.13. The zero-order valence-electron chi connectivity index (χ0n) is 9.01. The highest BCUT2D eigenvalue weighted by Gasteiger charge is 2.27. The predicted molar refractivity (Wildman–Crippen MR) is 65.5 cm³/mol. The van der Waals surface area contributed by atoms with E-state index in [-0.39, 0.29) is 12.4 Å². The number of alkyl halides is 4. The van der Waals surface area contributed by atoms with Crippen LogP contribution >= 0.6 is 27.5 Å². The Hall–Kier alpha value is -0.820. The number of rotatable bonds is 3. The Balaban J connectivity index is 2.41. The Morgan fingerprint density at radius 2 is 2.11 bits per heavy atom. The fraction of sp³-hybridized carbons (Fsp3) is 0.400. The van der Waals surface area contributed by atoms with Gasteiger partial charge in [0.1, 0.15) is 11.3 Å². The zero-order chi connectivity index (χ0) is 13.3. The van der Waals surface area contributed by atoms with E-state index in [1.807, 2.05) is 0 Å². The van der Waals surface area contributed by atoms with Gasteiger partial charge < -0.3 is 4.57 Å². The lowest BCUT2D eigenvalue weighted by atomic mass is 10.4. The van der Waals surface area contributed by atoms with Crippen LogP contribution in [0.2, 0.25) is 0 Å². The number of hydrogen-bond acceptors (Lipinski definition) is 2. The molecule has 0 N–H and O–H groups in total. The molecule has 0 spiro atoms. The molecule has 2 rings (SSSR count). The summed E-state index contributed by atoms with van der Waals surface area (Å²) in [6, 6.07) is 1.70. The van der Waals surface area contributed by atoms with Crippen LogP contribution in [-0.4, -0.2) is 20.7 Å². The van der Waals surface area contributed by atoms with Gasteiger partial charge in [-0.1, -0.05) is 0 Å². The van der Waals surface area contributed by atoms with Crippen molar-refractivity contribution < 1.29 is 13.2 Å². The minimum absolute atomic E-state index is 0.0475. The van der Waals surface area contributed by atoms with Gasteiger partial charge in [-0.2, -0.15) is 13.2 Å². The van der Waals surface area contributed by atoms with Gasteiger partial charge in [0.2, 0.25) is 0 Å². The van der Waals surface area contributed by atoms with Gasteiger partial charge in [0.05, 0.1) is 12.3 Å². The predicted octanol–water partition coefficient (Wildman–Crippen LogP) is 3.89. The first-order chi connectivity index (χ1) is 8.40. The summed E-state index contributed by atoms with van der Waals surface area (Å²) in [5.74, 6) is 0.438. The van der Waals surface area contributed by atoms with E-state index in [4.69, 9.17) is 11.6 Å². The van der Waals surface area contributed by atoms with Gasteiger partial charge in [-0.05, 0) is 22.0 Å². The molecule has 0 aliphatic rings. The Morgan fingerprint density at radius 1 is 1.39 bits per heavy atom. The van der Waals surface area contributed by atoms with Gasteiger partial charge in [0.25, 0.3) is 0 Å². The molecule has 98 valence electrons. The molecule has 0 atom stereocenters. The SMILES string of the molecule is FC(F)(F)CCn1c(CCl)nc2cc(Br)cnc21. The zero-order valence-corrected chi connectivity index (χ0v) is 11.3. The lowest BCUT2D eigenvalue weighted by Crippen LogP contribution is -2.13. The molecule has 0 aromatic carbocycles. The topological polar surface area (TPSA) is 30.7 Å². The Morgan fingerprint density at radius 3 is 2.72 bits per heavy atom. The minimum Gasteiger partial charge on any atom is -0.311 e. The van der Waals surface area contributed by atoms with Crippen LogP contribution in [0.15, 0.2) is 16.7 Å². The van der Waals surface area contributed by atoms with Crippen molar-refractivity contribution in [2.24, 2.45) is 0 Å². The highest BCUT2D eigenvalue weighted by molar-refractivity contribution is 9.10. The maximum atomic E-state index is 12.3. The maximum absolute atomic E-state index is 12.3. The lowest BCUT2D eigenvalue weighted by Gasteiger charge is -2.09. The maximum Gasteiger partial charge on any atom is 0.390 e. The van der Waals surface area contributed by atoms with Gasteiger partial charge in [0.15, 0.2) is 5.65 Å². The van der Waals surface area contributed by atoms with E-state index in [0.717, 1.165) is 4.47 Å². The van der Waals surface area contributed by atoms with Crippen LogP contribution in [0.5, 0.6) is 0 Å². The van der Waals surface area contributed by atoms with E-state index in [1.54, 1.807) is 6.07 Å². The van der Waals surface area contributed by atoms with Crippen LogP contribution in [0, 0.1) is 0 Å². The number of hydrogen-bond donors (Lipinski definition) is 0. The third-order valence-electron chi connectivity index (χ3n) is 2.37. The fourth-order valence-electron chi connectivity index (χ4n) is 1.61. The number of nitrogens with zero attached hydrogens (tertiary/aromatic N) is 3. The van der Waals surface area contributed by atoms with Crippen LogP contribution in [0.4, 0.5) is 13.2 Å². The molecule has 0 radical (unpaired) electrons. The summed E-state index contributed by atoms with van der Waals surface area (Å²) in [7, 11) is 0. The van der Waals surface area contributed by atoms with E-state index in [1.165, 1.54) is 10.8 Å². The first-order valence-electron chi connectivity index (χ1n) is 5.04. The van der Waals surface area contributed by atoms with Crippen LogP contribution < -0.4 is 0 Å². The standard InChI is InChI=1S/C10H8BrClF3N3/c11-6-3-7-9(16-5-6)18(8(4-12)17-7)2-1-10(13,14)15/h3,5H,1-2,4H2. The quantitative estimate of drug-likeness (QED) is 0.793. The van der Waals surface area contributed by atoms with Crippen molar-refractivity contribution in [2.45, 2.75) is 25.0 Å². The van der Waals surface area contributed by atoms with Gasteiger partial charge in [0, 0.05) is 17.2 Å². The molecule has 8 heteroatoms. The van der Waals surface area contributed by atoms with Crippen LogP contribution in [0.25, 0.3) is 11.2 Å². The first-order valence-corrected chi connectivity index (χ1v) is 6.37. The summed E-state index contributed by atoms with van der Waals surface area (Å²) in [6.07, 6.45) is -3.62. The molecule has 0 aliphatic carbocycles. The molecular weight excluding hydrogens is 334 g/mol. The smallest absolute Gasteiger partial charge is 0.311 e. The normalized spacial score (nSPS) is 12.3. The number of pyridine rings is 1. The summed E-state index contributed by atoms with van der Waals surface area (Å²) < 4.78 is 38.9. The number of imidazole rings is 1.